The first-order valence-corrected chi connectivity index (χ1v) is 3.23. The Labute approximate surface area is 65.0 Å². The van der Waals surface area contributed by atoms with Gasteiger partial charge in [0.25, 0.3) is 0 Å². The standard InChI is InChI=1S/C8H9NO2/c1-6-3-8(11-2)7(5-10)9-4-6/h3-5H,1-2H3. The molecule has 1 heterocycles. The summed E-state index contributed by atoms with van der Waals surface area (Å²) in [6.45, 7) is 1.89. The van der Waals surface area contributed by atoms with Crippen molar-refractivity contribution in [3.05, 3.63) is 23.5 Å². The molecule has 0 atom stereocenters. The van der Waals surface area contributed by atoms with Crippen molar-refractivity contribution in [2.75, 3.05) is 7.11 Å². The van der Waals surface area contributed by atoms with Gasteiger partial charge in [-0.25, -0.2) is 4.98 Å². The van der Waals surface area contributed by atoms with Crippen LogP contribution < -0.4 is 4.74 Å². The van der Waals surface area contributed by atoms with E-state index in [1.165, 1.54) is 7.11 Å². The second-order valence-electron chi connectivity index (χ2n) is 2.22. The smallest absolute Gasteiger partial charge is 0.172 e. The van der Waals surface area contributed by atoms with Crippen LogP contribution in [0.1, 0.15) is 16.1 Å². The first kappa shape index (κ1) is 7.72. The van der Waals surface area contributed by atoms with Crippen LogP contribution in [0.2, 0.25) is 0 Å². The van der Waals surface area contributed by atoms with Crippen LogP contribution in [0.15, 0.2) is 12.3 Å². The van der Waals surface area contributed by atoms with Crippen molar-refractivity contribution in [2.24, 2.45) is 0 Å². The summed E-state index contributed by atoms with van der Waals surface area (Å²) in [5.74, 6) is 0.528. The van der Waals surface area contributed by atoms with E-state index in [-0.39, 0.29) is 0 Å². The highest BCUT2D eigenvalue weighted by Gasteiger charge is 2.01. The second-order valence-corrected chi connectivity index (χ2v) is 2.22. The maximum Gasteiger partial charge on any atom is 0.172 e. The van der Waals surface area contributed by atoms with Crippen molar-refractivity contribution < 1.29 is 9.53 Å². The maximum absolute atomic E-state index is 10.4. The van der Waals surface area contributed by atoms with Gasteiger partial charge in [0.2, 0.25) is 0 Å². The molecule has 0 saturated carbocycles. The molecule has 0 aliphatic carbocycles. The fraction of sp³-hybridized carbons (Fsp3) is 0.250. The summed E-state index contributed by atoms with van der Waals surface area (Å²) in [5, 5.41) is 0. The molecule has 0 fully saturated rings. The largest absolute Gasteiger partial charge is 0.494 e. The van der Waals surface area contributed by atoms with Gasteiger partial charge < -0.3 is 4.74 Å². The van der Waals surface area contributed by atoms with Gasteiger partial charge >= 0.3 is 0 Å². The monoisotopic (exact) mass is 151 g/mol. The predicted molar refractivity (Wildman–Crippen MR) is 40.9 cm³/mol. The lowest BCUT2D eigenvalue weighted by atomic mass is 10.2. The minimum atomic E-state index is 0.345. The number of hydrogen-bond donors (Lipinski definition) is 0. The van der Waals surface area contributed by atoms with Gasteiger partial charge in [-0.15, -0.1) is 0 Å². The van der Waals surface area contributed by atoms with Gasteiger partial charge in [-0.05, 0) is 18.6 Å². The quantitative estimate of drug-likeness (QED) is 0.596. The van der Waals surface area contributed by atoms with Crippen molar-refractivity contribution in [3.8, 4) is 5.75 Å². The number of aldehydes is 1. The topological polar surface area (TPSA) is 39.2 Å². The van der Waals surface area contributed by atoms with Crippen LogP contribution in [0.3, 0.4) is 0 Å². The molecule has 0 spiro atoms. The summed E-state index contributed by atoms with van der Waals surface area (Å²) in [7, 11) is 1.52. The number of carbonyl (C=O) groups is 1. The Hall–Kier alpha value is -1.38. The van der Waals surface area contributed by atoms with Crippen LogP contribution in [0.4, 0.5) is 0 Å². The highest BCUT2D eigenvalue weighted by molar-refractivity contribution is 5.76. The Kier molecular flexibility index (Phi) is 2.21. The van der Waals surface area contributed by atoms with E-state index in [2.05, 4.69) is 4.98 Å². The normalized spacial score (nSPS) is 9.27. The zero-order chi connectivity index (χ0) is 8.27. The van der Waals surface area contributed by atoms with E-state index >= 15 is 0 Å². The molecule has 0 amide bonds. The van der Waals surface area contributed by atoms with Crippen molar-refractivity contribution in [1.29, 1.82) is 0 Å². The molecule has 11 heavy (non-hydrogen) atoms. The summed E-state index contributed by atoms with van der Waals surface area (Å²) in [4.78, 5) is 14.2. The van der Waals surface area contributed by atoms with Gasteiger partial charge in [0.15, 0.2) is 6.29 Å². The van der Waals surface area contributed by atoms with Gasteiger partial charge in [0.05, 0.1) is 7.11 Å². The van der Waals surface area contributed by atoms with Crippen LogP contribution in [-0.2, 0) is 0 Å². The molecule has 0 saturated heterocycles. The molecular formula is C8H9NO2. The van der Waals surface area contributed by atoms with Gasteiger partial charge in [0, 0.05) is 6.20 Å². The molecule has 0 aliphatic heterocycles. The SMILES string of the molecule is COc1cc(C)cnc1C=O. The van der Waals surface area contributed by atoms with Crippen LogP contribution in [-0.4, -0.2) is 18.4 Å². The number of hydrogen-bond acceptors (Lipinski definition) is 3. The third-order valence-electron chi connectivity index (χ3n) is 1.35. The molecule has 0 aliphatic rings. The molecule has 1 aromatic rings. The minimum Gasteiger partial charge on any atom is -0.494 e. The van der Waals surface area contributed by atoms with Gasteiger partial charge in [-0.1, -0.05) is 0 Å². The lowest BCUT2D eigenvalue weighted by molar-refractivity contribution is 0.111. The number of aryl methyl sites for hydroxylation is 1. The summed E-state index contributed by atoms with van der Waals surface area (Å²) < 4.78 is 4.92. The maximum atomic E-state index is 10.4. The molecule has 0 bridgehead atoms. The molecule has 3 heteroatoms. The number of nitrogens with zero attached hydrogens (tertiary/aromatic N) is 1. The molecule has 0 radical (unpaired) electrons. The number of pyridine rings is 1. The van der Waals surface area contributed by atoms with E-state index < -0.39 is 0 Å². The number of aromatic nitrogens is 1. The molecule has 1 aromatic heterocycles. The number of ether oxygens (including phenoxy) is 1. The van der Waals surface area contributed by atoms with E-state index in [1.807, 2.05) is 6.92 Å². The fourth-order valence-electron chi connectivity index (χ4n) is 0.805. The summed E-state index contributed by atoms with van der Waals surface area (Å²) in [5.41, 5.74) is 1.32. The lowest BCUT2D eigenvalue weighted by Gasteiger charge is -2.01. The molecule has 0 N–H and O–H groups in total. The van der Waals surface area contributed by atoms with E-state index in [9.17, 15) is 4.79 Å². The minimum absolute atomic E-state index is 0.345. The van der Waals surface area contributed by atoms with Crippen LogP contribution in [0.25, 0.3) is 0 Å². The summed E-state index contributed by atoms with van der Waals surface area (Å²) >= 11 is 0. The lowest BCUT2D eigenvalue weighted by Crippen LogP contribution is -1.94. The van der Waals surface area contributed by atoms with E-state index in [4.69, 9.17) is 4.74 Å². The average Bonchev–Trinajstić information content (AvgIpc) is 2.04. The molecule has 58 valence electrons. The van der Waals surface area contributed by atoms with E-state index in [1.54, 1.807) is 12.3 Å². The number of methoxy groups -OCH3 is 1. The first-order valence-electron chi connectivity index (χ1n) is 3.23. The third-order valence-corrected chi connectivity index (χ3v) is 1.35. The van der Waals surface area contributed by atoms with Crippen molar-refractivity contribution >= 4 is 6.29 Å². The van der Waals surface area contributed by atoms with Crippen molar-refractivity contribution in [3.63, 3.8) is 0 Å². The van der Waals surface area contributed by atoms with Crippen molar-refractivity contribution in [2.45, 2.75) is 6.92 Å². The highest BCUT2D eigenvalue weighted by Crippen LogP contribution is 2.14. The zero-order valence-corrected chi connectivity index (χ0v) is 6.50. The third kappa shape index (κ3) is 1.55. The number of rotatable bonds is 2. The van der Waals surface area contributed by atoms with Gasteiger partial charge in [0.1, 0.15) is 11.4 Å². The summed E-state index contributed by atoms with van der Waals surface area (Å²) in [6.07, 6.45) is 2.31. The Bertz CT molecular complexity index is 271. The van der Waals surface area contributed by atoms with Crippen molar-refractivity contribution in [1.82, 2.24) is 4.98 Å². The fourth-order valence-corrected chi connectivity index (χ4v) is 0.805. The van der Waals surface area contributed by atoms with E-state index in [0.29, 0.717) is 17.7 Å². The Balaban J connectivity index is 3.16. The second kappa shape index (κ2) is 3.14. The molecule has 3 nitrogen and oxygen atoms in total. The van der Waals surface area contributed by atoms with E-state index in [0.717, 1.165) is 5.56 Å². The zero-order valence-electron chi connectivity index (χ0n) is 6.50. The van der Waals surface area contributed by atoms with Crippen LogP contribution in [0.5, 0.6) is 5.75 Å². The van der Waals surface area contributed by atoms with Crippen LogP contribution in [0, 0.1) is 6.92 Å². The van der Waals surface area contributed by atoms with Gasteiger partial charge in [-0.3, -0.25) is 4.79 Å². The molecule has 1 rings (SSSR count). The summed E-state index contributed by atoms with van der Waals surface area (Å²) in [6, 6.07) is 1.77. The van der Waals surface area contributed by atoms with Crippen LogP contribution >= 0.6 is 0 Å². The Morgan fingerprint density at radius 3 is 2.91 bits per heavy atom. The number of carbonyl (C=O) groups excluding carboxylic acids is 1. The highest BCUT2D eigenvalue weighted by atomic mass is 16.5. The Morgan fingerprint density at radius 1 is 1.64 bits per heavy atom. The predicted octanol–water partition coefficient (Wildman–Crippen LogP) is 1.21. The average molecular weight is 151 g/mol. The molecular weight excluding hydrogens is 142 g/mol. The molecule has 0 unspecified atom stereocenters. The molecule has 0 aromatic carbocycles. The Morgan fingerprint density at radius 2 is 2.36 bits per heavy atom. The first-order chi connectivity index (χ1) is 5.27. The van der Waals surface area contributed by atoms with Gasteiger partial charge in [-0.2, -0.15) is 0 Å².